The first-order valence-electron chi connectivity index (χ1n) is 13.7. The molecule has 8 rings (SSSR count). The third kappa shape index (κ3) is 3.60. The Morgan fingerprint density at radius 1 is 0.512 bits per heavy atom. The van der Waals surface area contributed by atoms with E-state index in [0.29, 0.717) is 11.5 Å². The quantitative estimate of drug-likeness (QED) is 0.165. The summed E-state index contributed by atoms with van der Waals surface area (Å²) < 4.78 is 21.7. The van der Waals surface area contributed by atoms with E-state index in [2.05, 4.69) is 71.7 Å². The van der Waals surface area contributed by atoms with Crippen LogP contribution < -0.4 is 20.7 Å². The van der Waals surface area contributed by atoms with Crippen molar-refractivity contribution in [2.24, 2.45) is 0 Å². The number of ether oxygens (including phenoxy) is 1. The van der Waals surface area contributed by atoms with Gasteiger partial charge in [-0.2, -0.15) is 0 Å². The predicted molar refractivity (Wildman–Crippen MR) is 170 cm³/mol. The number of pyridine rings is 1. The Hall–Kier alpha value is -4.98. The molecule has 3 nitrogen and oxygen atoms in total. The van der Waals surface area contributed by atoms with Gasteiger partial charge in [0.1, 0.15) is 11.5 Å². The Balaban J connectivity index is 1.45. The molecule has 0 aliphatic carbocycles. The van der Waals surface area contributed by atoms with Crippen molar-refractivity contribution in [1.82, 2.24) is 4.98 Å². The van der Waals surface area contributed by atoms with Gasteiger partial charge in [0.2, 0.25) is 0 Å². The molecule has 0 spiro atoms. The second kappa shape index (κ2) is 9.30. The minimum absolute atomic E-state index is 0.639. The predicted octanol–water partition coefficient (Wildman–Crippen LogP) is 8.47. The molecular weight excluding hydrogens is 521 g/mol. The fourth-order valence-corrected chi connectivity index (χ4v) is 9.12. The summed E-state index contributed by atoms with van der Waals surface area (Å²) in [5, 5.41) is 6.84. The Morgan fingerprint density at radius 2 is 1.10 bits per heavy atom. The van der Waals surface area contributed by atoms with Crippen molar-refractivity contribution in [3.63, 3.8) is 0 Å². The molecule has 0 radical (unpaired) electrons. The highest BCUT2D eigenvalue weighted by Crippen LogP contribution is 2.53. The lowest BCUT2D eigenvalue weighted by atomic mass is 9.86. The molecule has 1 unspecified atom stereocenters. The zero-order valence-corrected chi connectivity index (χ0v) is 23.0. The summed E-state index contributed by atoms with van der Waals surface area (Å²) in [5.41, 5.74) is 4.37. The summed E-state index contributed by atoms with van der Waals surface area (Å²) in [6, 6.07) is 44.8. The molecule has 6 aromatic carbocycles. The molecule has 1 atom stereocenters. The standard InChI is InChI=1S/C37H24NO2P/c39-41(27-12-2-1-3-13-27)34-19-9-8-18-32(34)40-33-21-20-25(23-35(33)41)36-28-14-4-6-16-30(28)37(26-11-10-22-38-24-26)31-17-7-5-15-29(31)36/h1-24H. The largest absolute Gasteiger partial charge is 0.456 e. The van der Waals surface area contributed by atoms with E-state index in [4.69, 9.17) is 4.74 Å². The molecular formula is C37H24NO2P. The van der Waals surface area contributed by atoms with E-state index in [1.165, 1.54) is 5.56 Å². The maximum Gasteiger partial charge on any atom is 0.178 e. The summed E-state index contributed by atoms with van der Waals surface area (Å²) in [5.74, 6) is 1.29. The normalized spacial score (nSPS) is 15.7. The van der Waals surface area contributed by atoms with E-state index in [1.807, 2.05) is 72.9 Å². The number of nitrogens with zero attached hydrogens (tertiary/aromatic N) is 1. The van der Waals surface area contributed by atoms with Gasteiger partial charge in [-0.3, -0.25) is 4.98 Å². The molecule has 0 amide bonds. The van der Waals surface area contributed by atoms with Crippen LogP contribution in [0, 0.1) is 0 Å². The van der Waals surface area contributed by atoms with Gasteiger partial charge < -0.3 is 9.30 Å². The van der Waals surface area contributed by atoms with Gasteiger partial charge in [-0.05, 0) is 68.6 Å². The molecule has 1 aromatic heterocycles. The molecule has 0 saturated carbocycles. The lowest BCUT2D eigenvalue weighted by Gasteiger charge is -2.29. The molecule has 0 saturated heterocycles. The van der Waals surface area contributed by atoms with Gasteiger partial charge in [0.25, 0.3) is 0 Å². The van der Waals surface area contributed by atoms with Crippen molar-refractivity contribution in [3.05, 3.63) is 146 Å². The molecule has 1 aliphatic rings. The number of rotatable bonds is 3. The molecule has 1 aliphatic heterocycles. The van der Waals surface area contributed by atoms with Crippen molar-refractivity contribution in [2.45, 2.75) is 0 Å². The van der Waals surface area contributed by atoms with Crippen LogP contribution in [0.5, 0.6) is 11.5 Å². The number of para-hydroxylation sites is 1. The second-order valence-electron chi connectivity index (χ2n) is 10.3. The van der Waals surface area contributed by atoms with E-state index in [-0.39, 0.29) is 0 Å². The van der Waals surface area contributed by atoms with Gasteiger partial charge >= 0.3 is 0 Å². The van der Waals surface area contributed by atoms with Gasteiger partial charge in [0, 0.05) is 23.3 Å². The monoisotopic (exact) mass is 545 g/mol. The Labute approximate surface area is 238 Å². The van der Waals surface area contributed by atoms with Crippen LogP contribution in [-0.2, 0) is 4.57 Å². The van der Waals surface area contributed by atoms with Crippen LogP contribution in [0.25, 0.3) is 43.8 Å². The van der Waals surface area contributed by atoms with Gasteiger partial charge in [0.15, 0.2) is 7.14 Å². The summed E-state index contributed by atoms with van der Waals surface area (Å²) in [7, 11) is -3.20. The van der Waals surface area contributed by atoms with Crippen molar-refractivity contribution >= 4 is 44.6 Å². The average Bonchev–Trinajstić information content (AvgIpc) is 3.04. The van der Waals surface area contributed by atoms with Crippen molar-refractivity contribution in [2.75, 3.05) is 0 Å². The zero-order valence-electron chi connectivity index (χ0n) is 22.1. The lowest BCUT2D eigenvalue weighted by Crippen LogP contribution is -2.30. The van der Waals surface area contributed by atoms with Crippen LogP contribution in [0.2, 0.25) is 0 Å². The Morgan fingerprint density at radius 3 is 1.76 bits per heavy atom. The number of benzene rings is 6. The van der Waals surface area contributed by atoms with Gasteiger partial charge in [0.05, 0.1) is 10.6 Å². The highest BCUT2D eigenvalue weighted by molar-refractivity contribution is 7.85. The fourth-order valence-electron chi connectivity index (χ4n) is 6.23. The van der Waals surface area contributed by atoms with Crippen LogP contribution >= 0.6 is 7.14 Å². The second-order valence-corrected chi connectivity index (χ2v) is 13.0. The summed E-state index contributed by atoms with van der Waals surface area (Å²) in [6.07, 6.45) is 3.73. The Bertz CT molecular complexity index is 2100. The highest BCUT2D eigenvalue weighted by Gasteiger charge is 2.39. The zero-order chi connectivity index (χ0) is 27.4. The molecule has 0 fully saturated rings. The van der Waals surface area contributed by atoms with Gasteiger partial charge in [-0.25, -0.2) is 0 Å². The molecule has 2 heterocycles. The summed E-state index contributed by atoms with van der Waals surface area (Å²) in [4.78, 5) is 4.42. The SMILES string of the molecule is O=P1(c2ccccc2)c2ccccc2Oc2ccc(-c3c4ccccc4c(-c4cccnc4)c4ccccc34)cc21. The summed E-state index contributed by atoms with van der Waals surface area (Å²) in [6.45, 7) is 0. The smallest absolute Gasteiger partial charge is 0.178 e. The molecule has 4 heteroatoms. The minimum atomic E-state index is -3.20. The maximum atomic E-state index is 15.3. The molecule has 0 N–H and O–H groups in total. The van der Waals surface area contributed by atoms with Crippen LogP contribution in [0.3, 0.4) is 0 Å². The van der Waals surface area contributed by atoms with Crippen molar-refractivity contribution < 1.29 is 9.30 Å². The first-order chi connectivity index (χ1) is 20.2. The van der Waals surface area contributed by atoms with Gasteiger partial charge in [-0.1, -0.05) is 103 Å². The number of aromatic nitrogens is 1. The molecule has 41 heavy (non-hydrogen) atoms. The van der Waals surface area contributed by atoms with Crippen molar-refractivity contribution in [1.29, 1.82) is 0 Å². The molecule has 7 aromatic rings. The molecule has 0 bridgehead atoms. The lowest BCUT2D eigenvalue weighted by molar-refractivity contribution is 0.485. The topological polar surface area (TPSA) is 39.2 Å². The number of hydrogen-bond acceptors (Lipinski definition) is 3. The number of fused-ring (bicyclic) bond motifs is 4. The fraction of sp³-hybridized carbons (Fsp3) is 0. The number of hydrogen-bond donors (Lipinski definition) is 0. The van der Waals surface area contributed by atoms with Crippen LogP contribution in [0.15, 0.2) is 146 Å². The minimum Gasteiger partial charge on any atom is -0.456 e. The molecule has 194 valence electrons. The maximum absolute atomic E-state index is 15.3. The third-order valence-corrected chi connectivity index (χ3v) is 11.1. The van der Waals surface area contributed by atoms with E-state index in [1.54, 1.807) is 6.20 Å². The van der Waals surface area contributed by atoms with Crippen LogP contribution in [0.1, 0.15) is 0 Å². The van der Waals surface area contributed by atoms with Gasteiger partial charge in [-0.15, -0.1) is 0 Å². The first-order valence-corrected chi connectivity index (χ1v) is 15.4. The van der Waals surface area contributed by atoms with E-state index < -0.39 is 7.14 Å². The third-order valence-electron chi connectivity index (χ3n) is 8.01. The van der Waals surface area contributed by atoms with E-state index >= 15 is 4.57 Å². The van der Waals surface area contributed by atoms with Crippen LogP contribution in [-0.4, -0.2) is 4.98 Å². The Kier molecular flexibility index (Phi) is 5.41. The average molecular weight is 546 g/mol. The summed E-state index contributed by atoms with van der Waals surface area (Å²) >= 11 is 0. The first kappa shape index (κ1) is 23.9. The van der Waals surface area contributed by atoms with Crippen molar-refractivity contribution in [3.8, 4) is 33.8 Å². The van der Waals surface area contributed by atoms with E-state index in [9.17, 15) is 0 Å². The highest BCUT2D eigenvalue weighted by atomic mass is 31.2. The van der Waals surface area contributed by atoms with Crippen LogP contribution in [0.4, 0.5) is 0 Å². The van der Waals surface area contributed by atoms with E-state index in [0.717, 1.165) is 54.1 Å².